The van der Waals surface area contributed by atoms with Gasteiger partial charge in [0.25, 0.3) is 0 Å². The molecular weight excluding hydrogens is 422 g/mol. The number of nitriles is 1. The highest BCUT2D eigenvalue weighted by atomic mass is 35.5. The Morgan fingerprint density at radius 3 is 2.81 bits per heavy atom. The Labute approximate surface area is 191 Å². The van der Waals surface area contributed by atoms with E-state index in [2.05, 4.69) is 22.5 Å². The van der Waals surface area contributed by atoms with Crippen LogP contribution in [0.4, 0.5) is 0 Å². The number of para-hydroxylation sites is 1. The lowest BCUT2D eigenvalue weighted by molar-refractivity contribution is 0.104. The summed E-state index contributed by atoms with van der Waals surface area (Å²) in [5, 5.41) is 11.7. The monoisotopic (exact) mass is 443 g/mol. The molecule has 0 atom stereocenters. The molecule has 0 spiro atoms. The van der Waals surface area contributed by atoms with E-state index in [4.69, 9.17) is 16.3 Å². The van der Waals surface area contributed by atoms with Crippen LogP contribution in [0.3, 0.4) is 0 Å². The molecule has 0 bridgehead atoms. The molecule has 5 nitrogen and oxygen atoms in total. The number of unbranched alkanes of at least 4 members (excludes halogenated alkanes) is 1. The number of nitrogens with zero attached hydrogens (tertiary/aromatic N) is 3. The molecule has 2 aromatic heterocycles. The van der Waals surface area contributed by atoms with Crippen LogP contribution in [0.5, 0.6) is 5.75 Å². The van der Waals surface area contributed by atoms with Crippen LogP contribution in [-0.2, 0) is 6.54 Å². The summed E-state index contributed by atoms with van der Waals surface area (Å²) in [5.74, 6) is 0.300. The third-order valence-corrected chi connectivity index (χ3v) is 5.76. The molecule has 160 valence electrons. The lowest BCUT2D eigenvalue weighted by Gasteiger charge is -2.05. The number of methoxy groups -OCH3 is 1. The van der Waals surface area contributed by atoms with E-state index in [0.29, 0.717) is 16.9 Å². The number of ketones is 1. The Morgan fingerprint density at radius 1 is 1.25 bits per heavy atom. The fourth-order valence-corrected chi connectivity index (χ4v) is 3.96. The largest absolute Gasteiger partial charge is 0.497 e. The first-order valence-electron chi connectivity index (χ1n) is 10.4. The van der Waals surface area contributed by atoms with Gasteiger partial charge in [0.05, 0.1) is 12.6 Å². The maximum atomic E-state index is 13.4. The molecule has 0 saturated carbocycles. The molecule has 0 N–H and O–H groups in total. The van der Waals surface area contributed by atoms with Gasteiger partial charge in [-0.1, -0.05) is 43.1 Å². The topological polar surface area (TPSA) is 67.9 Å². The second kappa shape index (κ2) is 9.25. The minimum absolute atomic E-state index is 0.00124. The number of carbonyl (C=O) groups is 1. The van der Waals surface area contributed by atoms with Gasteiger partial charge in [-0.2, -0.15) is 5.26 Å². The SMILES string of the molecule is CCCCn1cc(C(=O)/C(C#N)=C/c2cc3ccccc3nc2Cl)c2cc(OC)ccc21. The number of fused-ring (bicyclic) bond motifs is 2. The molecular formula is C26H22ClN3O2. The summed E-state index contributed by atoms with van der Waals surface area (Å²) in [7, 11) is 1.59. The second-order valence-corrected chi connectivity index (χ2v) is 7.89. The van der Waals surface area contributed by atoms with E-state index >= 15 is 0 Å². The third-order valence-electron chi connectivity index (χ3n) is 5.45. The van der Waals surface area contributed by atoms with E-state index in [-0.39, 0.29) is 16.5 Å². The van der Waals surface area contributed by atoms with Gasteiger partial charge in [0.15, 0.2) is 0 Å². The van der Waals surface area contributed by atoms with Crippen molar-refractivity contribution >= 4 is 45.3 Å². The van der Waals surface area contributed by atoms with Crippen molar-refractivity contribution in [1.82, 2.24) is 9.55 Å². The van der Waals surface area contributed by atoms with Crippen molar-refractivity contribution in [3.8, 4) is 11.8 Å². The number of hydrogen-bond acceptors (Lipinski definition) is 4. The molecule has 0 fully saturated rings. The van der Waals surface area contributed by atoms with Gasteiger partial charge in [-0.25, -0.2) is 4.98 Å². The Morgan fingerprint density at radius 2 is 2.06 bits per heavy atom. The standard InChI is InChI=1S/C26H22ClN3O2/c1-3-4-11-30-16-22(21-14-20(32-2)9-10-24(21)30)25(31)19(15-28)13-18-12-17-7-5-6-8-23(17)29-26(18)27/h5-10,12-14,16H,3-4,11H2,1-2H3/b19-13+. The second-order valence-electron chi connectivity index (χ2n) is 7.53. The Kier molecular flexibility index (Phi) is 6.25. The van der Waals surface area contributed by atoms with Crippen molar-refractivity contribution in [3.05, 3.63) is 76.6 Å². The first-order valence-corrected chi connectivity index (χ1v) is 10.8. The number of carbonyl (C=O) groups excluding carboxylic acids is 1. The molecule has 32 heavy (non-hydrogen) atoms. The van der Waals surface area contributed by atoms with E-state index < -0.39 is 0 Å². The summed E-state index contributed by atoms with van der Waals surface area (Å²) < 4.78 is 7.42. The summed E-state index contributed by atoms with van der Waals surface area (Å²) in [6.45, 7) is 2.91. The van der Waals surface area contributed by atoms with Crippen molar-refractivity contribution in [1.29, 1.82) is 5.26 Å². The van der Waals surface area contributed by atoms with Gasteiger partial charge in [0.2, 0.25) is 5.78 Å². The molecule has 0 aliphatic heterocycles. The van der Waals surface area contributed by atoms with E-state index in [1.807, 2.05) is 54.7 Å². The lowest BCUT2D eigenvalue weighted by atomic mass is 10.0. The lowest BCUT2D eigenvalue weighted by Crippen LogP contribution is -2.02. The van der Waals surface area contributed by atoms with Crippen LogP contribution < -0.4 is 4.74 Å². The fraction of sp³-hybridized carbons (Fsp3) is 0.192. The first-order chi connectivity index (χ1) is 15.5. The normalized spacial score (nSPS) is 11.6. The average Bonchev–Trinajstić information content (AvgIpc) is 3.18. The van der Waals surface area contributed by atoms with Crippen molar-refractivity contribution in [2.75, 3.05) is 7.11 Å². The number of ether oxygens (including phenoxy) is 1. The molecule has 2 aromatic carbocycles. The quantitative estimate of drug-likeness (QED) is 0.142. The highest BCUT2D eigenvalue weighted by molar-refractivity contribution is 6.31. The number of rotatable bonds is 7. The molecule has 0 radical (unpaired) electrons. The average molecular weight is 444 g/mol. The number of halogens is 1. The number of hydrogen-bond donors (Lipinski definition) is 0. The van der Waals surface area contributed by atoms with Gasteiger partial charge in [-0.15, -0.1) is 0 Å². The van der Waals surface area contributed by atoms with Crippen LogP contribution in [0.15, 0.2) is 60.3 Å². The Hall–Kier alpha value is -3.62. The van der Waals surface area contributed by atoms with Crippen molar-refractivity contribution in [2.45, 2.75) is 26.3 Å². The maximum Gasteiger partial charge on any atom is 0.205 e. The number of aromatic nitrogens is 2. The van der Waals surface area contributed by atoms with Gasteiger partial charge in [0.1, 0.15) is 22.5 Å². The Bertz CT molecular complexity index is 1400. The van der Waals surface area contributed by atoms with Crippen LogP contribution >= 0.6 is 11.6 Å². The fourth-order valence-electron chi connectivity index (χ4n) is 3.76. The minimum Gasteiger partial charge on any atom is -0.497 e. The molecule has 0 unspecified atom stereocenters. The number of allylic oxidation sites excluding steroid dienone is 1. The molecule has 4 rings (SSSR count). The summed E-state index contributed by atoms with van der Waals surface area (Å²) in [5.41, 5.74) is 2.69. The van der Waals surface area contributed by atoms with Crippen molar-refractivity contribution < 1.29 is 9.53 Å². The zero-order chi connectivity index (χ0) is 22.7. The van der Waals surface area contributed by atoms with Gasteiger partial charge in [0, 0.05) is 40.2 Å². The smallest absolute Gasteiger partial charge is 0.205 e. The molecule has 6 heteroatoms. The highest BCUT2D eigenvalue weighted by Crippen LogP contribution is 2.29. The van der Waals surface area contributed by atoms with Gasteiger partial charge in [-0.3, -0.25) is 4.79 Å². The van der Waals surface area contributed by atoms with Crippen LogP contribution in [0.2, 0.25) is 5.15 Å². The molecule has 4 aromatic rings. The summed E-state index contributed by atoms with van der Waals surface area (Å²) in [6, 6.07) is 17.1. The van der Waals surface area contributed by atoms with Gasteiger partial charge in [-0.05, 0) is 42.8 Å². The van der Waals surface area contributed by atoms with Crippen LogP contribution in [0.1, 0.15) is 35.7 Å². The summed E-state index contributed by atoms with van der Waals surface area (Å²) >= 11 is 6.35. The predicted molar refractivity (Wildman–Crippen MR) is 128 cm³/mol. The molecule has 0 aliphatic rings. The van der Waals surface area contributed by atoms with E-state index in [0.717, 1.165) is 41.2 Å². The zero-order valence-corrected chi connectivity index (χ0v) is 18.7. The van der Waals surface area contributed by atoms with Crippen molar-refractivity contribution in [2.24, 2.45) is 0 Å². The van der Waals surface area contributed by atoms with Crippen LogP contribution in [-0.4, -0.2) is 22.4 Å². The van der Waals surface area contributed by atoms with E-state index in [1.165, 1.54) is 6.08 Å². The summed E-state index contributed by atoms with van der Waals surface area (Å²) in [4.78, 5) is 17.8. The predicted octanol–water partition coefficient (Wildman–Crippen LogP) is 6.44. The van der Waals surface area contributed by atoms with Crippen LogP contribution in [0, 0.1) is 11.3 Å². The van der Waals surface area contributed by atoms with E-state index in [9.17, 15) is 10.1 Å². The van der Waals surface area contributed by atoms with Gasteiger partial charge >= 0.3 is 0 Å². The number of benzene rings is 2. The Balaban J connectivity index is 1.82. The van der Waals surface area contributed by atoms with E-state index in [1.54, 1.807) is 7.11 Å². The minimum atomic E-state index is -0.356. The first kappa shape index (κ1) is 21.6. The third kappa shape index (κ3) is 4.10. The van der Waals surface area contributed by atoms with Gasteiger partial charge < -0.3 is 9.30 Å². The zero-order valence-electron chi connectivity index (χ0n) is 17.9. The highest BCUT2D eigenvalue weighted by Gasteiger charge is 2.20. The molecule has 0 amide bonds. The van der Waals surface area contributed by atoms with Crippen LogP contribution in [0.25, 0.3) is 27.9 Å². The maximum absolute atomic E-state index is 13.4. The molecule has 0 aliphatic carbocycles. The number of Topliss-reactive ketones (excluding diaryl/α,β-unsaturated/α-hetero) is 1. The van der Waals surface area contributed by atoms with Crippen molar-refractivity contribution in [3.63, 3.8) is 0 Å². The molecule has 2 heterocycles. The summed E-state index contributed by atoms with van der Waals surface area (Å²) in [6.07, 6.45) is 5.37. The number of pyridine rings is 1. The number of aryl methyl sites for hydroxylation is 1. The molecule has 0 saturated heterocycles.